The number of rotatable bonds is 3. The highest BCUT2D eigenvalue weighted by Crippen LogP contribution is 2.21. The standard InChI is InChI=1S/C14H23NO6/c1-5-6-14(19)8-15(12(18)21-13(2,3)4)7-10(11(16)17)20-9-14/h5,10,19H,1,6-9H2,2-4H3,(H,16,17)/t10-,14?/m0/s1. The predicted molar refractivity (Wildman–Crippen MR) is 74.9 cm³/mol. The molecule has 0 spiro atoms. The summed E-state index contributed by atoms with van der Waals surface area (Å²) in [6.45, 7) is 8.25. The van der Waals surface area contributed by atoms with Gasteiger partial charge in [0.1, 0.15) is 11.2 Å². The maximum Gasteiger partial charge on any atom is 0.410 e. The van der Waals surface area contributed by atoms with Gasteiger partial charge in [0.15, 0.2) is 6.10 Å². The summed E-state index contributed by atoms with van der Waals surface area (Å²) in [6.07, 6.45) is -0.200. The van der Waals surface area contributed by atoms with E-state index < -0.39 is 29.4 Å². The number of amides is 1. The fraction of sp³-hybridized carbons (Fsp3) is 0.714. The van der Waals surface area contributed by atoms with Gasteiger partial charge in [0, 0.05) is 0 Å². The molecule has 1 fully saturated rings. The third-order valence-electron chi connectivity index (χ3n) is 2.88. The fourth-order valence-electron chi connectivity index (χ4n) is 1.98. The van der Waals surface area contributed by atoms with Crippen molar-refractivity contribution in [3.8, 4) is 0 Å². The second-order valence-corrected chi connectivity index (χ2v) is 6.22. The van der Waals surface area contributed by atoms with E-state index in [0.29, 0.717) is 0 Å². The largest absolute Gasteiger partial charge is 0.479 e. The number of hydrogen-bond donors (Lipinski definition) is 2. The molecule has 0 aliphatic carbocycles. The first kappa shape index (κ1) is 17.5. The van der Waals surface area contributed by atoms with Gasteiger partial charge in [-0.25, -0.2) is 9.59 Å². The van der Waals surface area contributed by atoms with Gasteiger partial charge in [-0.2, -0.15) is 0 Å². The van der Waals surface area contributed by atoms with Gasteiger partial charge >= 0.3 is 12.1 Å². The molecule has 7 nitrogen and oxygen atoms in total. The summed E-state index contributed by atoms with van der Waals surface area (Å²) in [4.78, 5) is 24.4. The van der Waals surface area contributed by atoms with Crippen molar-refractivity contribution in [2.24, 2.45) is 0 Å². The van der Waals surface area contributed by atoms with Crippen LogP contribution in [0.2, 0.25) is 0 Å². The summed E-state index contributed by atoms with van der Waals surface area (Å²) in [5, 5.41) is 19.5. The lowest BCUT2D eigenvalue weighted by atomic mass is 10.0. The molecule has 120 valence electrons. The number of nitrogens with zero attached hydrogens (tertiary/aromatic N) is 1. The number of β-amino-alcohol motifs (C(OH)–C–C–N with tert-alkyl or cyclic N) is 1. The SMILES string of the molecule is C=CCC1(O)CO[C@H](C(=O)O)CN(C(=O)OC(C)(C)C)C1. The topological polar surface area (TPSA) is 96.3 Å². The average molecular weight is 301 g/mol. The first-order valence-electron chi connectivity index (χ1n) is 6.72. The van der Waals surface area contributed by atoms with Crippen molar-refractivity contribution < 1.29 is 29.3 Å². The molecule has 2 N–H and O–H groups in total. The molecule has 0 saturated carbocycles. The first-order chi connectivity index (χ1) is 9.56. The molecule has 1 heterocycles. The maximum absolute atomic E-state index is 12.1. The van der Waals surface area contributed by atoms with Gasteiger partial charge in [0.2, 0.25) is 0 Å². The highest BCUT2D eigenvalue weighted by Gasteiger charge is 2.39. The van der Waals surface area contributed by atoms with Crippen LogP contribution in [0.5, 0.6) is 0 Å². The average Bonchev–Trinajstić information content (AvgIpc) is 2.47. The minimum atomic E-state index is -1.37. The summed E-state index contributed by atoms with van der Waals surface area (Å²) in [7, 11) is 0. The van der Waals surface area contributed by atoms with Crippen molar-refractivity contribution in [2.45, 2.75) is 44.5 Å². The summed E-state index contributed by atoms with van der Waals surface area (Å²) in [6, 6.07) is 0. The fourth-order valence-corrected chi connectivity index (χ4v) is 1.98. The van der Waals surface area contributed by atoms with Crippen LogP contribution in [0.15, 0.2) is 12.7 Å². The minimum Gasteiger partial charge on any atom is -0.479 e. The smallest absolute Gasteiger partial charge is 0.410 e. The first-order valence-corrected chi connectivity index (χ1v) is 6.72. The zero-order chi connectivity index (χ0) is 16.3. The lowest BCUT2D eigenvalue weighted by Crippen LogP contribution is -2.48. The second kappa shape index (κ2) is 6.44. The van der Waals surface area contributed by atoms with Crippen LogP contribution in [0.25, 0.3) is 0 Å². The molecule has 1 saturated heterocycles. The van der Waals surface area contributed by atoms with Gasteiger partial charge in [-0.1, -0.05) is 6.08 Å². The van der Waals surface area contributed by atoms with E-state index in [9.17, 15) is 14.7 Å². The van der Waals surface area contributed by atoms with Gasteiger partial charge < -0.3 is 24.6 Å². The Hall–Kier alpha value is -1.60. The highest BCUT2D eigenvalue weighted by molar-refractivity contribution is 5.75. The number of hydrogen-bond acceptors (Lipinski definition) is 5. The van der Waals surface area contributed by atoms with Crippen LogP contribution in [0.1, 0.15) is 27.2 Å². The molecule has 1 amide bonds. The molecular weight excluding hydrogens is 278 g/mol. The van der Waals surface area contributed by atoms with Crippen LogP contribution in [0.3, 0.4) is 0 Å². The number of carboxylic acids is 1. The van der Waals surface area contributed by atoms with Crippen molar-refractivity contribution in [2.75, 3.05) is 19.7 Å². The molecule has 0 aromatic rings. The van der Waals surface area contributed by atoms with Crippen LogP contribution in [-0.4, -0.2) is 64.2 Å². The molecule has 1 unspecified atom stereocenters. The Morgan fingerprint density at radius 3 is 2.62 bits per heavy atom. The van der Waals surface area contributed by atoms with E-state index in [2.05, 4.69) is 6.58 Å². The number of carboxylic acid groups (broad SMARTS) is 1. The molecule has 0 bridgehead atoms. The predicted octanol–water partition coefficient (Wildman–Crippen LogP) is 1.01. The number of ether oxygens (including phenoxy) is 2. The second-order valence-electron chi connectivity index (χ2n) is 6.22. The van der Waals surface area contributed by atoms with Gasteiger partial charge in [-0.15, -0.1) is 6.58 Å². The van der Waals surface area contributed by atoms with Gasteiger partial charge in [0.25, 0.3) is 0 Å². The normalized spacial score (nSPS) is 26.9. The number of aliphatic carboxylic acids is 1. The summed E-state index contributed by atoms with van der Waals surface area (Å²) in [5.41, 5.74) is -2.08. The van der Waals surface area contributed by atoms with Crippen LogP contribution in [0, 0.1) is 0 Å². The van der Waals surface area contributed by atoms with Crippen molar-refractivity contribution in [1.82, 2.24) is 4.90 Å². The monoisotopic (exact) mass is 301 g/mol. The molecule has 1 aliphatic rings. The van der Waals surface area contributed by atoms with E-state index >= 15 is 0 Å². The van der Waals surface area contributed by atoms with E-state index in [4.69, 9.17) is 14.6 Å². The summed E-state index contributed by atoms with van der Waals surface area (Å²) < 4.78 is 10.4. The zero-order valence-corrected chi connectivity index (χ0v) is 12.7. The van der Waals surface area contributed by atoms with E-state index in [-0.39, 0.29) is 26.1 Å². The molecule has 0 radical (unpaired) electrons. The van der Waals surface area contributed by atoms with Gasteiger partial charge in [-0.05, 0) is 27.2 Å². The van der Waals surface area contributed by atoms with Crippen LogP contribution < -0.4 is 0 Å². The van der Waals surface area contributed by atoms with Crippen LogP contribution >= 0.6 is 0 Å². The van der Waals surface area contributed by atoms with Crippen molar-refractivity contribution in [3.05, 3.63) is 12.7 Å². The third kappa shape index (κ3) is 5.35. The summed E-state index contributed by atoms with van der Waals surface area (Å²) >= 11 is 0. The number of aliphatic hydroxyl groups is 1. The minimum absolute atomic E-state index is 0.0717. The zero-order valence-electron chi connectivity index (χ0n) is 12.7. The van der Waals surface area contributed by atoms with E-state index in [1.54, 1.807) is 20.8 Å². The Balaban J connectivity index is 2.93. The van der Waals surface area contributed by atoms with E-state index in [1.165, 1.54) is 11.0 Å². The van der Waals surface area contributed by atoms with Gasteiger partial charge in [-0.3, -0.25) is 0 Å². The molecular formula is C14H23NO6. The molecule has 0 aromatic carbocycles. The number of carbonyl (C=O) groups is 2. The van der Waals surface area contributed by atoms with Crippen LogP contribution in [-0.2, 0) is 14.3 Å². The maximum atomic E-state index is 12.1. The Morgan fingerprint density at radius 2 is 2.14 bits per heavy atom. The molecule has 1 rings (SSSR count). The number of carbonyl (C=O) groups excluding carboxylic acids is 1. The third-order valence-corrected chi connectivity index (χ3v) is 2.88. The summed E-state index contributed by atoms with van der Waals surface area (Å²) in [5.74, 6) is -1.19. The van der Waals surface area contributed by atoms with E-state index in [0.717, 1.165) is 0 Å². The quantitative estimate of drug-likeness (QED) is 0.755. The molecule has 21 heavy (non-hydrogen) atoms. The van der Waals surface area contributed by atoms with Crippen molar-refractivity contribution >= 4 is 12.1 Å². The Bertz CT molecular complexity index is 416. The van der Waals surface area contributed by atoms with Crippen molar-refractivity contribution in [1.29, 1.82) is 0 Å². The van der Waals surface area contributed by atoms with Gasteiger partial charge in [0.05, 0.1) is 19.7 Å². The van der Waals surface area contributed by atoms with E-state index in [1.807, 2.05) is 0 Å². The van der Waals surface area contributed by atoms with Crippen LogP contribution in [0.4, 0.5) is 4.79 Å². The molecule has 0 aromatic heterocycles. The Morgan fingerprint density at radius 1 is 1.52 bits per heavy atom. The highest BCUT2D eigenvalue weighted by atomic mass is 16.6. The lowest BCUT2D eigenvalue weighted by Gasteiger charge is -2.31. The molecule has 7 heteroatoms. The molecule has 2 atom stereocenters. The van der Waals surface area contributed by atoms with Crippen molar-refractivity contribution in [3.63, 3.8) is 0 Å². The Kier molecular flexibility index (Phi) is 5.36. The Labute approximate surface area is 124 Å². The lowest BCUT2D eigenvalue weighted by molar-refractivity contribution is -0.152. The molecule has 1 aliphatic heterocycles.